The Morgan fingerprint density at radius 2 is 1.86 bits per heavy atom. The van der Waals surface area contributed by atoms with E-state index in [1.165, 1.54) is 13.2 Å². The van der Waals surface area contributed by atoms with Crippen LogP contribution in [0.25, 0.3) is 11.4 Å². The number of hydrogen-bond acceptors (Lipinski definition) is 3. The van der Waals surface area contributed by atoms with Crippen LogP contribution in [-0.4, -0.2) is 16.7 Å². The Morgan fingerprint density at radius 3 is 2.52 bits per heavy atom. The number of methoxy groups -OCH3 is 1. The van der Waals surface area contributed by atoms with Crippen LogP contribution in [0.1, 0.15) is 43.0 Å². The minimum absolute atomic E-state index is 0.0657. The smallest absolute Gasteiger partial charge is 0.257 e. The average molecular weight is 394 g/mol. The number of benzene rings is 2. The van der Waals surface area contributed by atoms with Gasteiger partial charge in [0.1, 0.15) is 5.82 Å². The SMILES string of the molecule is CCC(C)c1c(C)nc(-c2cccc(F)c2OC)n(CCc2ccccc2)c1=O. The third-order valence-corrected chi connectivity index (χ3v) is 5.38. The van der Waals surface area contributed by atoms with E-state index in [0.717, 1.165) is 17.5 Å². The second kappa shape index (κ2) is 9.03. The molecule has 2 aromatic carbocycles. The van der Waals surface area contributed by atoms with Gasteiger partial charge in [0.2, 0.25) is 0 Å². The standard InChI is InChI=1S/C24H27FN2O2/c1-5-16(2)21-17(3)26-23(19-12-9-13-20(25)22(19)29-4)27(24(21)28)15-14-18-10-7-6-8-11-18/h6-13,16H,5,14-15H2,1-4H3. The molecule has 3 rings (SSSR count). The Balaban J connectivity index is 2.19. The lowest BCUT2D eigenvalue weighted by atomic mass is 9.98. The van der Waals surface area contributed by atoms with Crippen LogP contribution >= 0.6 is 0 Å². The number of nitrogens with zero attached hydrogens (tertiary/aromatic N) is 2. The van der Waals surface area contributed by atoms with E-state index in [1.807, 2.05) is 44.2 Å². The normalized spacial score (nSPS) is 12.0. The molecule has 0 aliphatic carbocycles. The van der Waals surface area contributed by atoms with Gasteiger partial charge in [0, 0.05) is 17.8 Å². The van der Waals surface area contributed by atoms with Crippen molar-refractivity contribution in [3.63, 3.8) is 0 Å². The lowest BCUT2D eigenvalue weighted by Gasteiger charge is -2.20. The summed E-state index contributed by atoms with van der Waals surface area (Å²) in [6.07, 6.45) is 1.52. The molecule has 0 fully saturated rings. The van der Waals surface area contributed by atoms with Crippen molar-refractivity contribution in [1.29, 1.82) is 0 Å². The highest BCUT2D eigenvalue weighted by Crippen LogP contribution is 2.32. The highest BCUT2D eigenvalue weighted by Gasteiger charge is 2.22. The molecular weight excluding hydrogens is 367 g/mol. The van der Waals surface area contributed by atoms with Gasteiger partial charge in [-0.1, -0.05) is 50.2 Å². The Hall–Kier alpha value is -2.95. The van der Waals surface area contributed by atoms with E-state index in [0.29, 0.717) is 30.0 Å². The van der Waals surface area contributed by atoms with Crippen molar-refractivity contribution in [2.24, 2.45) is 0 Å². The van der Waals surface area contributed by atoms with E-state index in [2.05, 4.69) is 6.92 Å². The molecule has 0 amide bonds. The van der Waals surface area contributed by atoms with Crippen molar-refractivity contribution in [3.05, 3.63) is 81.5 Å². The van der Waals surface area contributed by atoms with Crippen LogP contribution in [0.3, 0.4) is 0 Å². The molecule has 1 aromatic heterocycles. The number of halogens is 1. The van der Waals surface area contributed by atoms with Gasteiger partial charge in [-0.2, -0.15) is 0 Å². The summed E-state index contributed by atoms with van der Waals surface area (Å²) in [6, 6.07) is 14.7. The zero-order valence-corrected chi connectivity index (χ0v) is 17.4. The molecule has 0 spiro atoms. The number of rotatable bonds is 7. The van der Waals surface area contributed by atoms with Crippen LogP contribution in [0.15, 0.2) is 53.3 Å². The fraction of sp³-hybridized carbons (Fsp3) is 0.333. The summed E-state index contributed by atoms with van der Waals surface area (Å²) < 4.78 is 21.3. The molecular formula is C24H27FN2O2. The first-order valence-corrected chi connectivity index (χ1v) is 9.96. The monoisotopic (exact) mass is 394 g/mol. The molecule has 1 atom stereocenters. The summed E-state index contributed by atoms with van der Waals surface area (Å²) in [5, 5.41) is 0. The van der Waals surface area contributed by atoms with Crippen molar-refractivity contribution in [1.82, 2.24) is 9.55 Å². The molecule has 0 radical (unpaired) electrons. The van der Waals surface area contributed by atoms with Gasteiger partial charge >= 0.3 is 0 Å². The van der Waals surface area contributed by atoms with Gasteiger partial charge in [0.05, 0.1) is 12.7 Å². The highest BCUT2D eigenvalue weighted by molar-refractivity contribution is 5.65. The van der Waals surface area contributed by atoms with Crippen LogP contribution in [-0.2, 0) is 13.0 Å². The highest BCUT2D eigenvalue weighted by atomic mass is 19.1. The van der Waals surface area contributed by atoms with Crippen molar-refractivity contribution in [3.8, 4) is 17.1 Å². The number of ether oxygens (including phenoxy) is 1. The first kappa shape index (κ1) is 20.8. The molecule has 152 valence electrons. The van der Waals surface area contributed by atoms with Crippen molar-refractivity contribution >= 4 is 0 Å². The molecule has 5 heteroatoms. The second-order valence-corrected chi connectivity index (χ2v) is 7.26. The molecule has 1 unspecified atom stereocenters. The van der Waals surface area contributed by atoms with E-state index in [4.69, 9.17) is 9.72 Å². The van der Waals surface area contributed by atoms with Gasteiger partial charge in [0.25, 0.3) is 5.56 Å². The molecule has 0 bridgehead atoms. The Bertz CT molecular complexity index is 1040. The van der Waals surface area contributed by atoms with Gasteiger partial charge in [-0.25, -0.2) is 9.37 Å². The Morgan fingerprint density at radius 1 is 1.14 bits per heavy atom. The number of hydrogen-bond donors (Lipinski definition) is 0. The van der Waals surface area contributed by atoms with Crippen LogP contribution in [0.4, 0.5) is 4.39 Å². The second-order valence-electron chi connectivity index (χ2n) is 7.26. The van der Waals surface area contributed by atoms with Crippen LogP contribution in [0.2, 0.25) is 0 Å². The molecule has 0 saturated carbocycles. The fourth-order valence-electron chi connectivity index (χ4n) is 3.64. The van der Waals surface area contributed by atoms with Gasteiger partial charge in [-0.15, -0.1) is 0 Å². The summed E-state index contributed by atoms with van der Waals surface area (Å²) in [7, 11) is 1.43. The molecule has 0 aliphatic rings. The maximum Gasteiger partial charge on any atom is 0.257 e. The molecule has 0 saturated heterocycles. The van der Waals surface area contributed by atoms with E-state index in [1.54, 1.807) is 16.7 Å². The van der Waals surface area contributed by atoms with Gasteiger partial charge in [-0.05, 0) is 43.4 Å². The van der Waals surface area contributed by atoms with Crippen LogP contribution in [0, 0.1) is 12.7 Å². The maximum atomic E-state index is 14.3. The zero-order chi connectivity index (χ0) is 21.0. The number of aryl methyl sites for hydroxylation is 2. The number of para-hydroxylation sites is 1. The Kier molecular flexibility index (Phi) is 6.47. The van der Waals surface area contributed by atoms with Gasteiger partial charge in [0.15, 0.2) is 11.6 Å². The average Bonchev–Trinajstić information content (AvgIpc) is 2.73. The molecule has 4 nitrogen and oxygen atoms in total. The summed E-state index contributed by atoms with van der Waals surface area (Å²) in [5.41, 5.74) is 2.95. The van der Waals surface area contributed by atoms with E-state index >= 15 is 0 Å². The van der Waals surface area contributed by atoms with Crippen LogP contribution < -0.4 is 10.3 Å². The quantitative estimate of drug-likeness (QED) is 0.558. The summed E-state index contributed by atoms with van der Waals surface area (Å²) in [4.78, 5) is 18.2. The van der Waals surface area contributed by atoms with Crippen molar-refractivity contribution < 1.29 is 9.13 Å². The third kappa shape index (κ3) is 4.24. The minimum Gasteiger partial charge on any atom is -0.493 e. The lowest BCUT2D eigenvalue weighted by Crippen LogP contribution is -2.30. The predicted octanol–water partition coefficient (Wildman–Crippen LogP) is 5.12. The van der Waals surface area contributed by atoms with Crippen molar-refractivity contribution in [2.45, 2.75) is 46.1 Å². The largest absolute Gasteiger partial charge is 0.493 e. The van der Waals surface area contributed by atoms with Crippen LogP contribution in [0.5, 0.6) is 5.75 Å². The topological polar surface area (TPSA) is 44.1 Å². The third-order valence-electron chi connectivity index (χ3n) is 5.38. The molecule has 0 N–H and O–H groups in total. The summed E-state index contributed by atoms with van der Waals surface area (Å²) >= 11 is 0. The molecule has 29 heavy (non-hydrogen) atoms. The Labute approximate surface area is 171 Å². The number of aromatic nitrogens is 2. The molecule has 3 aromatic rings. The first-order valence-electron chi connectivity index (χ1n) is 9.96. The fourth-order valence-corrected chi connectivity index (χ4v) is 3.64. The molecule has 1 heterocycles. The zero-order valence-electron chi connectivity index (χ0n) is 17.4. The lowest BCUT2D eigenvalue weighted by molar-refractivity contribution is 0.387. The van der Waals surface area contributed by atoms with Crippen molar-refractivity contribution in [2.75, 3.05) is 7.11 Å². The summed E-state index contributed by atoms with van der Waals surface area (Å²) in [5.74, 6) is 0.161. The maximum absolute atomic E-state index is 14.3. The summed E-state index contributed by atoms with van der Waals surface area (Å²) in [6.45, 7) is 6.39. The first-order chi connectivity index (χ1) is 14.0. The van der Waals surface area contributed by atoms with E-state index in [-0.39, 0.29) is 17.2 Å². The van der Waals surface area contributed by atoms with E-state index in [9.17, 15) is 9.18 Å². The van der Waals surface area contributed by atoms with Gasteiger partial charge in [-0.3, -0.25) is 9.36 Å². The molecule has 0 aliphatic heterocycles. The van der Waals surface area contributed by atoms with Gasteiger partial charge < -0.3 is 4.74 Å². The minimum atomic E-state index is -0.475. The predicted molar refractivity (Wildman–Crippen MR) is 114 cm³/mol. The van der Waals surface area contributed by atoms with E-state index < -0.39 is 5.82 Å².